The number of nitrogens with zero attached hydrogens (tertiary/aromatic N) is 1. The van der Waals surface area contributed by atoms with Gasteiger partial charge < -0.3 is 15.1 Å². The molecule has 0 spiro atoms. The average molecular weight is 249 g/mol. The molecule has 0 bridgehead atoms. The fraction of sp³-hybridized carbons (Fsp3) is 0.600. The molecule has 100 valence electrons. The first kappa shape index (κ1) is 13.4. The van der Waals surface area contributed by atoms with Crippen LogP contribution in [0, 0.1) is 0 Å². The quantitative estimate of drug-likeness (QED) is 0.859. The Bertz CT molecular complexity index is 380. The van der Waals surface area contributed by atoms with Crippen molar-refractivity contribution in [3.05, 3.63) is 29.8 Å². The molecule has 0 saturated heterocycles. The van der Waals surface area contributed by atoms with Gasteiger partial charge in [-0.05, 0) is 44.6 Å². The summed E-state index contributed by atoms with van der Waals surface area (Å²) in [6.07, 6.45) is 4.84. The molecule has 1 aromatic carbocycles. The van der Waals surface area contributed by atoms with Crippen LogP contribution in [0.4, 0.5) is 0 Å². The zero-order valence-electron chi connectivity index (χ0n) is 11.3. The molecule has 1 aliphatic carbocycles. The van der Waals surface area contributed by atoms with Crippen LogP contribution in [0.5, 0.6) is 5.75 Å². The summed E-state index contributed by atoms with van der Waals surface area (Å²) in [5.74, 6) is 0.274. The number of hydrogen-bond acceptors (Lipinski definition) is 3. The van der Waals surface area contributed by atoms with E-state index in [9.17, 15) is 10.2 Å². The number of rotatable bonds is 4. The smallest absolute Gasteiger partial charge is 0.115 e. The molecule has 0 aromatic heterocycles. The van der Waals surface area contributed by atoms with E-state index in [0.717, 1.165) is 18.4 Å². The standard InChI is InChI=1S/C15H23NO2/c1-16(2)15(9-3-4-10-15)14(18)11-12-5-7-13(17)8-6-12/h5-8,14,17-18H,3-4,9-11H2,1-2H3. The van der Waals surface area contributed by atoms with Gasteiger partial charge in [-0.3, -0.25) is 0 Å². The molecule has 2 N–H and O–H groups in total. The van der Waals surface area contributed by atoms with Gasteiger partial charge >= 0.3 is 0 Å². The van der Waals surface area contributed by atoms with Gasteiger partial charge in [-0.25, -0.2) is 0 Å². The molecule has 2 rings (SSSR count). The number of phenolic OH excluding ortho intramolecular Hbond substituents is 1. The minimum absolute atomic E-state index is 0.0715. The summed E-state index contributed by atoms with van der Waals surface area (Å²) in [5, 5.41) is 19.9. The van der Waals surface area contributed by atoms with Crippen LogP contribution in [0.2, 0.25) is 0 Å². The van der Waals surface area contributed by atoms with Crippen LogP contribution in [-0.2, 0) is 6.42 Å². The van der Waals surface area contributed by atoms with E-state index in [2.05, 4.69) is 19.0 Å². The lowest BCUT2D eigenvalue weighted by molar-refractivity contribution is -0.00251. The molecule has 1 atom stereocenters. The molecule has 3 nitrogen and oxygen atoms in total. The Labute approximate surface area is 109 Å². The lowest BCUT2D eigenvalue weighted by atomic mass is 9.85. The minimum Gasteiger partial charge on any atom is -0.508 e. The molecule has 1 unspecified atom stereocenters. The zero-order chi connectivity index (χ0) is 13.2. The van der Waals surface area contributed by atoms with Crippen molar-refractivity contribution in [2.75, 3.05) is 14.1 Å². The van der Waals surface area contributed by atoms with E-state index in [4.69, 9.17) is 0 Å². The van der Waals surface area contributed by atoms with E-state index < -0.39 is 0 Å². The van der Waals surface area contributed by atoms with Crippen LogP contribution in [0.3, 0.4) is 0 Å². The van der Waals surface area contributed by atoms with Crippen molar-refractivity contribution >= 4 is 0 Å². The normalized spacial score (nSPS) is 20.2. The predicted octanol–water partition coefficient (Wildman–Crippen LogP) is 2.17. The molecule has 1 aromatic rings. The van der Waals surface area contributed by atoms with E-state index in [-0.39, 0.29) is 17.4 Å². The third kappa shape index (κ3) is 2.52. The molecule has 1 fully saturated rings. The van der Waals surface area contributed by atoms with E-state index in [1.807, 2.05) is 12.1 Å². The van der Waals surface area contributed by atoms with Crippen LogP contribution in [0.25, 0.3) is 0 Å². The summed E-state index contributed by atoms with van der Waals surface area (Å²) >= 11 is 0. The summed E-state index contributed by atoms with van der Waals surface area (Å²) < 4.78 is 0. The van der Waals surface area contributed by atoms with Crippen LogP contribution in [0.15, 0.2) is 24.3 Å². The summed E-state index contributed by atoms with van der Waals surface area (Å²) in [7, 11) is 4.12. The topological polar surface area (TPSA) is 43.7 Å². The van der Waals surface area contributed by atoms with Crippen molar-refractivity contribution in [2.45, 2.75) is 43.7 Å². The van der Waals surface area contributed by atoms with Crippen molar-refractivity contribution in [1.29, 1.82) is 0 Å². The van der Waals surface area contributed by atoms with Gasteiger partial charge in [-0.1, -0.05) is 25.0 Å². The van der Waals surface area contributed by atoms with Gasteiger partial charge in [0.1, 0.15) is 5.75 Å². The summed E-state index contributed by atoms with van der Waals surface area (Å²) in [4.78, 5) is 2.19. The van der Waals surface area contributed by atoms with Crippen molar-refractivity contribution in [2.24, 2.45) is 0 Å². The van der Waals surface area contributed by atoms with Crippen LogP contribution < -0.4 is 0 Å². The van der Waals surface area contributed by atoms with Gasteiger partial charge in [0.25, 0.3) is 0 Å². The monoisotopic (exact) mass is 249 g/mol. The van der Waals surface area contributed by atoms with Gasteiger partial charge in [0.05, 0.1) is 6.10 Å². The van der Waals surface area contributed by atoms with Crippen LogP contribution in [0.1, 0.15) is 31.2 Å². The van der Waals surface area contributed by atoms with E-state index in [1.54, 1.807) is 12.1 Å². The largest absolute Gasteiger partial charge is 0.508 e. The second-order valence-corrected chi connectivity index (χ2v) is 5.59. The Morgan fingerprint density at radius 2 is 1.72 bits per heavy atom. The number of aliphatic hydroxyl groups excluding tert-OH is 1. The maximum Gasteiger partial charge on any atom is 0.115 e. The number of phenols is 1. The number of aliphatic hydroxyl groups is 1. The van der Waals surface area contributed by atoms with Crippen molar-refractivity contribution in [1.82, 2.24) is 4.90 Å². The average Bonchev–Trinajstić information content (AvgIpc) is 2.82. The van der Waals surface area contributed by atoms with Gasteiger partial charge in [0, 0.05) is 12.0 Å². The summed E-state index contributed by atoms with van der Waals surface area (Å²) in [6.45, 7) is 0. The lowest BCUT2D eigenvalue weighted by Gasteiger charge is -2.40. The molecule has 0 heterocycles. The molecule has 1 saturated carbocycles. The molecule has 18 heavy (non-hydrogen) atoms. The highest BCUT2D eigenvalue weighted by Crippen LogP contribution is 2.37. The predicted molar refractivity (Wildman–Crippen MR) is 72.7 cm³/mol. The molecule has 0 aliphatic heterocycles. The SMILES string of the molecule is CN(C)C1(C(O)Cc2ccc(O)cc2)CCCC1. The molecule has 3 heteroatoms. The first-order valence-corrected chi connectivity index (χ1v) is 6.68. The van der Waals surface area contributed by atoms with Gasteiger partial charge in [0.15, 0.2) is 0 Å². The Hall–Kier alpha value is -1.06. The van der Waals surface area contributed by atoms with E-state index >= 15 is 0 Å². The van der Waals surface area contributed by atoms with Crippen molar-refractivity contribution in [3.8, 4) is 5.75 Å². The van der Waals surface area contributed by atoms with E-state index in [1.165, 1.54) is 12.8 Å². The maximum atomic E-state index is 10.6. The second kappa shape index (κ2) is 5.29. The Morgan fingerprint density at radius 1 is 1.17 bits per heavy atom. The summed E-state index contributed by atoms with van der Waals surface area (Å²) in [6, 6.07) is 7.13. The van der Waals surface area contributed by atoms with Crippen molar-refractivity contribution in [3.63, 3.8) is 0 Å². The Kier molecular flexibility index (Phi) is 3.93. The van der Waals surface area contributed by atoms with Crippen LogP contribution in [-0.4, -0.2) is 40.9 Å². The van der Waals surface area contributed by atoms with Crippen molar-refractivity contribution < 1.29 is 10.2 Å². The molecule has 0 radical (unpaired) electrons. The maximum absolute atomic E-state index is 10.6. The summed E-state index contributed by atoms with van der Waals surface area (Å²) in [5.41, 5.74) is 1.01. The zero-order valence-corrected chi connectivity index (χ0v) is 11.3. The molecular formula is C15H23NO2. The third-order valence-corrected chi connectivity index (χ3v) is 4.35. The van der Waals surface area contributed by atoms with Gasteiger partial charge in [0.2, 0.25) is 0 Å². The minimum atomic E-state index is -0.348. The number of aromatic hydroxyl groups is 1. The molecule has 1 aliphatic rings. The van der Waals surface area contributed by atoms with E-state index in [0.29, 0.717) is 6.42 Å². The first-order chi connectivity index (χ1) is 8.54. The number of hydrogen-bond donors (Lipinski definition) is 2. The first-order valence-electron chi connectivity index (χ1n) is 6.68. The lowest BCUT2D eigenvalue weighted by Crippen LogP contribution is -2.52. The highest BCUT2D eigenvalue weighted by molar-refractivity contribution is 5.26. The third-order valence-electron chi connectivity index (χ3n) is 4.35. The highest BCUT2D eigenvalue weighted by atomic mass is 16.3. The number of benzene rings is 1. The van der Waals surface area contributed by atoms with Gasteiger partial charge in [-0.2, -0.15) is 0 Å². The molecule has 0 amide bonds. The fourth-order valence-corrected chi connectivity index (χ4v) is 3.11. The fourth-order valence-electron chi connectivity index (χ4n) is 3.11. The Morgan fingerprint density at radius 3 is 2.22 bits per heavy atom. The Balaban J connectivity index is 2.10. The van der Waals surface area contributed by atoms with Gasteiger partial charge in [-0.15, -0.1) is 0 Å². The molecular weight excluding hydrogens is 226 g/mol. The second-order valence-electron chi connectivity index (χ2n) is 5.59. The highest BCUT2D eigenvalue weighted by Gasteiger charge is 2.42. The number of likely N-dealkylation sites (N-methyl/N-ethyl adjacent to an activating group) is 1. The van der Waals surface area contributed by atoms with Crippen LogP contribution >= 0.6 is 0 Å².